The van der Waals surface area contributed by atoms with Gasteiger partial charge in [0, 0.05) is 44.8 Å². The first-order valence-electron chi connectivity index (χ1n) is 8.44. The maximum Gasteiger partial charge on any atom is 0.317 e. The molecular weight excluding hydrogens is 334 g/mol. The van der Waals surface area contributed by atoms with Gasteiger partial charge in [-0.15, -0.1) is 0 Å². The molecule has 0 radical (unpaired) electrons. The van der Waals surface area contributed by atoms with E-state index in [4.69, 9.17) is 0 Å². The van der Waals surface area contributed by atoms with Crippen LogP contribution >= 0.6 is 0 Å². The van der Waals surface area contributed by atoms with E-state index in [1.807, 2.05) is 23.1 Å². The molecule has 26 heavy (non-hydrogen) atoms. The highest BCUT2D eigenvalue weighted by molar-refractivity contribution is 5.84. The van der Waals surface area contributed by atoms with E-state index in [9.17, 15) is 9.59 Å². The molecule has 0 atom stereocenters. The summed E-state index contributed by atoms with van der Waals surface area (Å²) in [5.74, 6) is 0.418. The molecule has 136 valence electrons. The Labute approximate surface area is 151 Å². The minimum absolute atomic E-state index is 0.0618. The van der Waals surface area contributed by atoms with Gasteiger partial charge in [-0.25, -0.2) is 14.8 Å². The van der Waals surface area contributed by atoms with Crippen LogP contribution in [-0.2, 0) is 11.3 Å². The Morgan fingerprint density at radius 1 is 0.923 bits per heavy atom. The minimum atomic E-state index is -0.250. The minimum Gasteiger partial charge on any atom is -0.349 e. The van der Waals surface area contributed by atoms with Gasteiger partial charge in [-0.1, -0.05) is 6.07 Å². The van der Waals surface area contributed by atoms with Gasteiger partial charge in [-0.2, -0.15) is 0 Å². The van der Waals surface area contributed by atoms with Crippen molar-refractivity contribution in [3.63, 3.8) is 0 Å². The number of piperazine rings is 1. The lowest BCUT2D eigenvalue weighted by atomic mass is 10.3. The lowest BCUT2D eigenvalue weighted by Crippen LogP contribution is -2.53. The summed E-state index contributed by atoms with van der Waals surface area (Å²) >= 11 is 0. The SMILES string of the molecule is O=C(CNC(=O)N1CCN(c2ncccn2)CC1)NCc1ccccn1. The van der Waals surface area contributed by atoms with E-state index in [-0.39, 0.29) is 18.5 Å². The number of carbonyl (C=O) groups excluding carboxylic acids is 2. The number of pyridine rings is 1. The molecule has 0 bridgehead atoms. The number of hydrogen-bond donors (Lipinski definition) is 2. The van der Waals surface area contributed by atoms with Gasteiger partial charge < -0.3 is 20.4 Å². The first-order chi connectivity index (χ1) is 12.7. The van der Waals surface area contributed by atoms with Crippen LogP contribution in [0.2, 0.25) is 0 Å². The fourth-order valence-electron chi connectivity index (χ4n) is 2.59. The lowest BCUT2D eigenvalue weighted by Gasteiger charge is -2.34. The van der Waals surface area contributed by atoms with Gasteiger partial charge in [0.05, 0.1) is 18.8 Å². The van der Waals surface area contributed by atoms with Crippen molar-refractivity contribution in [2.24, 2.45) is 0 Å². The summed E-state index contributed by atoms with van der Waals surface area (Å²) in [6.45, 7) is 2.70. The molecule has 1 fully saturated rings. The Balaban J connectivity index is 1.37. The predicted molar refractivity (Wildman–Crippen MR) is 95.3 cm³/mol. The van der Waals surface area contributed by atoms with Crippen LogP contribution < -0.4 is 15.5 Å². The zero-order chi connectivity index (χ0) is 18.2. The van der Waals surface area contributed by atoms with Crippen molar-refractivity contribution in [1.82, 2.24) is 30.5 Å². The van der Waals surface area contributed by atoms with E-state index in [1.54, 1.807) is 29.6 Å². The topological polar surface area (TPSA) is 103 Å². The Bertz CT molecular complexity index is 718. The molecule has 0 aromatic carbocycles. The summed E-state index contributed by atoms with van der Waals surface area (Å²) in [6, 6.07) is 7.03. The number of rotatable bonds is 5. The fraction of sp³-hybridized carbons (Fsp3) is 0.353. The number of amides is 3. The molecular formula is C17H21N7O2. The van der Waals surface area contributed by atoms with Crippen molar-refractivity contribution in [2.45, 2.75) is 6.54 Å². The molecule has 0 saturated carbocycles. The molecule has 0 aliphatic carbocycles. The lowest BCUT2D eigenvalue weighted by molar-refractivity contribution is -0.120. The number of aromatic nitrogens is 3. The average molecular weight is 355 g/mol. The molecule has 3 amide bonds. The zero-order valence-corrected chi connectivity index (χ0v) is 14.3. The highest BCUT2D eigenvalue weighted by atomic mass is 16.2. The molecule has 9 heteroatoms. The van der Waals surface area contributed by atoms with Crippen LogP contribution in [0.25, 0.3) is 0 Å². The number of urea groups is 1. The number of carbonyl (C=O) groups is 2. The summed E-state index contributed by atoms with van der Waals surface area (Å²) < 4.78 is 0. The van der Waals surface area contributed by atoms with Crippen molar-refractivity contribution in [3.8, 4) is 0 Å². The standard InChI is InChI=1S/C17H21N7O2/c25-15(21-12-14-4-1-2-5-18-14)13-22-17(26)24-10-8-23(9-11-24)16-19-6-3-7-20-16/h1-7H,8-13H2,(H,21,25)(H,22,26). The van der Waals surface area contributed by atoms with Crippen LogP contribution in [0.3, 0.4) is 0 Å². The monoisotopic (exact) mass is 355 g/mol. The Morgan fingerprint density at radius 3 is 2.35 bits per heavy atom. The van der Waals surface area contributed by atoms with Crippen LogP contribution in [0.1, 0.15) is 5.69 Å². The van der Waals surface area contributed by atoms with Gasteiger partial charge in [-0.3, -0.25) is 9.78 Å². The van der Waals surface area contributed by atoms with Gasteiger partial charge in [0.25, 0.3) is 0 Å². The van der Waals surface area contributed by atoms with Gasteiger partial charge in [0.1, 0.15) is 0 Å². The molecule has 0 unspecified atom stereocenters. The summed E-state index contributed by atoms with van der Waals surface area (Å²) in [5, 5.41) is 5.37. The molecule has 2 aromatic heterocycles. The first-order valence-corrected chi connectivity index (χ1v) is 8.44. The van der Waals surface area contributed by atoms with Crippen LogP contribution in [0.4, 0.5) is 10.7 Å². The number of anilines is 1. The van der Waals surface area contributed by atoms with Crippen molar-refractivity contribution in [2.75, 3.05) is 37.6 Å². The Morgan fingerprint density at radius 2 is 1.65 bits per heavy atom. The second-order valence-corrected chi connectivity index (χ2v) is 5.78. The largest absolute Gasteiger partial charge is 0.349 e. The zero-order valence-electron chi connectivity index (χ0n) is 14.3. The van der Waals surface area contributed by atoms with Crippen LogP contribution in [0.15, 0.2) is 42.9 Å². The molecule has 0 spiro atoms. The van der Waals surface area contributed by atoms with E-state index in [2.05, 4.69) is 25.6 Å². The maximum absolute atomic E-state index is 12.2. The van der Waals surface area contributed by atoms with Gasteiger partial charge in [0.15, 0.2) is 0 Å². The van der Waals surface area contributed by atoms with Crippen molar-refractivity contribution in [1.29, 1.82) is 0 Å². The third-order valence-corrected chi connectivity index (χ3v) is 3.99. The van der Waals surface area contributed by atoms with Gasteiger partial charge in [-0.05, 0) is 18.2 Å². The summed E-state index contributed by atoms with van der Waals surface area (Å²) in [6.07, 6.45) is 5.07. The highest BCUT2D eigenvalue weighted by Gasteiger charge is 2.22. The Kier molecular flexibility index (Phi) is 5.92. The molecule has 3 heterocycles. The molecule has 3 rings (SSSR count). The predicted octanol–water partition coefficient (Wildman–Crippen LogP) is 0.0196. The molecule has 2 N–H and O–H groups in total. The van der Waals surface area contributed by atoms with E-state index in [0.29, 0.717) is 38.7 Å². The van der Waals surface area contributed by atoms with E-state index < -0.39 is 0 Å². The second-order valence-electron chi connectivity index (χ2n) is 5.78. The smallest absolute Gasteiger partial charge is 0.317 e. The van der Waals surface area contributed by atoms with Crippen molar-refractivity contribution in [3.05, 3.63) is 48.5 Å². The van der Waals surface area contributed by atoms with E-state index in [0.717, 1.165) is 5.69 Å². The number of nitrogens with zero attached hydrogens (tertiary/aromatic N) is 5. The first kappa shape index (κ1) is 17.6. The third-order valence-electron chi connectivity index (χ3n) is 3.99. The maximum atomic E-state index is 12.2. The molecule has 1 saturated heterocycles. The van der Waals surface area contributed by atoms with Crippen LogP contribution in [-0.4, -0.2) is 64.5 Å². The fourth-order valence-corrected chi connectivity index (χ4v) is 2.59. The van der Waals surface area contributed by atoms with Gasteiger partial charge in [0.2, 0.25) is 11.9 Å². The molecule has 2 aromatic rings. The quantitative estimate of drug-likeness (QED) is 0.784. The molecule has 1 aliphatic rings. The number of nitrogens with one attached hydrogen (secondary N) is 2. The van der Waals surface area contributed by atoms with Crippen molar-refractivity contribution >= 4 is 17.9 Å². The Hall–Kier alpha value is -3.23. The molecule has 1 aliphatic heterocycles. The second kappa shape index (κ2) is 8.75. The van der Waals surface area contributed by atoms with E-state index in [1.165, 1.54) is 0 Å². The van der Waals surface area contributed by atoms with Crippen molar-refractivity contribution < 1.29 is 9.59 Å². The molecule has 9 nitrogen and oxygen atoms in total. The summed E-state index contributed by atoms with van der Waals surface area (Å²) in [7, 11) is 0. The highest BCUT2D eigenvalue weighted by Crippen LogP contribution is 2.09. The van der Waals surface area contributed by atoms with Crippen LogP contribution in [0.5, 0.6) is 0 Å². The number of hydrogen-bond acceptors (Lipinski definition) is 6. The normalized spacial score (nSPS) is 14.0. The average Bonchev–Trinajstić information content (AvgIpc) is 2.72. The van der Waals surface area contributed by atoms with Crippen LogP contribution in [0, 0.1) is 0 Å². The summed E-state index contributed by atoms with van der Waals surface area (Å²) in [5.41, 5.74) is 0.770. The van der Waals surface area contributed by atoms with Gasteiger partial charge >= 0.3 is 6.03 Å². The summed E-state index contributed by atoms with van der Waals surface area (Å²) in [4.78, 5) is 40.3. The van der Waals surface area contributed by atoms with E-state index >= 15 is 0 Å². The third kappa shape index (κ3) is 4.88.